The maximum atomic E-state index is 12.4. The smallest absolute Gasteiger partial charge is 0.479 e. The van der Waals surface area contributed by atoms with Crippen LogP contribution in [0.1, 0.15) is 28.9 Å². The van der Waals surface area contributed by atoms with Crippen molar-refractivity contribution >= 4 is 27.7 Å². The molecule has 5 nitrogen and oxygen atoms in total. The number of alkyl halides is 4. The third-order valence-electron chi connectivity index (χ3n) is 2.42. The molecule has 0 amide bonds. The van der Waals surface area contributed by atoms with Crippen LogP contribution in [0.4, 0.5) is 13.2 Å². The summed E-state index contributed by atoms with van der Waals surface area (Å²) in [6.07, 6.45) is -7.20. The molecule has 2 unspecified atom stereocenters. The number of carboxylic acids is 1. The summed E-state index contributed by atoms with van der Waals surface area (Å²) in [6.45, 7) is 1.35. The van der Waals surface area contributed by atoms with E-state index in [1.807, 2.05) is 0 Å². The summed E-state index contributed by atoms with van der Waals surface area (Å²) < 4.78 is 40.8. The number of aliphatic hydroxyl groups is 1. The lowest BCUT2D eigenvalue weighted by atomic mass is 9.97. The molecule has 0 radical (unpaired) electrons. The van der Waals surface area contributed by atoms with Gasteiger partial charge < -0.3 is 14.9 Å². The Morgan fingerprint density at radius 2 is 1.90 bits per heavy atom. The van der Waals surface area contributed by atoms with E-state index in [4.69, 9.17) is 5.11 Å². The Labute approximate surface area is 125 Å². The fourth-order valence-corrected chi connectivity index (χ4v) is 1.81. The van der Waals surface area contributed by atoms with Crippen molar-refractivity contribution in [2.45, 2.75) is 24.2 Å². The highest BCUT2D eigenvalue weighted by Crippen LogP contribution is 2.33. The van der Waals surface area contributed by atoms with E-state index in [0.717, 1.165) is 18.2 Å². The molecule has 0 aliphatic carbocycles. The van der Waals surface area contributed by atoms with Gasteiger partial charge in [-0.3, -0.25) is 4.79 Å². The molecule has 2 N–H and O–H groups in total. The van der Waals surface area contributed by atoms with E-state index in [-0.39, 0.29) is 0 Å². The molecule has 0 aliphatic rings. The Morgan fingerprint density at radius 1 is 1.33 bits per heavy atom. The number of ether oxygens (including phenoxy) is 1. The number of rotatable bonds is 5. The Balaban J connectivity index is 3.48. The maximum absolute atomic E-state index is 12.4. The third-order valence-corrected chi connectivity index (χ3v) is 2.84. The van der Waals surface area contributed by atoms with Gasteiger partial charge in [-0.1, -0.05) is 28.1 Å². The largest absolute Gasteiger partial charge is 0.573 e. The minimum Gasteiger partial charge on any atom is -0.479 e. The van der Waals surface area contributed by atoms with Gasteiger partial charge in [-0.2, -0.15) is 0 Å². The monoisotopic (exact) mass is 370 g/mol. The number of carbonyl (C=O) groups excluding carboxylic acids is 1. The van der Waals surface area contributed by atoms with Gasteiger partial charge in [-0.15, -0.1) is 13.2 Å². The van der Waals surface area contributed by atoms with Crippen LogP contribution in [0.5, 0.6) is 5.75 Å². The number of hydrogen-bond donors (Lipinski definition) is 2. The van der Waals surface area contributed by atoms with Crippen LogP contribution in [0.3, 0.4) is 0 Å². The fourth-order valence-electron chi connectivity index (χ4n) is 1.58. The van der Waals surface area contributed by atoms with Crippen LogP contribution in [0, 0.1) is 0 Å². The highest BCUT2D eigenvalue weighted by Gasteiger charge is 2.35. The van der Waals surface area contributed by atoms with Gasteiger partial charge in [0, 0.05) is 5.56 Å². The van der Waals surface area contributed by atoms with Gasteiger partial charge in [0.25, 0.3) is 0 Å². The molecule has 0 bridgehead atoms. The summed E-state index contributed by atoms with van der Waals surface area (Å²) in [7, 11) is 0. The standard InChI is InChI=1S/C12H10BrF3O5/c1-5(13)9(17)8-6(10(18)11(19)20)3-2-4-7(8)21-12(14,15)16/h2-5,10,18H,1H3,(H,19,20). The predicted octanol–water partition coefficient (Wildman–Crippen LogP) is 2.67. The number of carbonyl (C=O) groups is 2. The van der Waals surface area contributed by atoms with Gasteiger partial charge in [0.1, 0.15) is 5.75 Å². The van der Waals surface area contributed by atoms with E-state index >= 15 is 0 Å². The number of ketones is 1. The highest BCUT2D eigenvalue weighted by molar-refractivity contribution is 9.10. The van der Waals surface area contributed by atoms with Gasteiger partial charge in [0.05, 0.1) is 10.4 Å². The molecule has 0 saturated carbocycles. The molecular weight excluding hydrogens is 361 g/mol. The first-order valence-corrected chi connectivity index (χ1v) is 6.44. The Kier molecular flexibility index (Phi) is 5.35. The average Bonchev–Trinajstić information content (AvgIpc) is 2.34. The first-order chi connectivity index (χ1) is 9.54. The van der Waals surface area contributed by atoms with Crippen LogP contribution in [-0.4, -0.2) is 33.2 Å². The molecule has 2 atom stereocenters. The lowest BCUT2D eigenvalue weighted by molar-refractivity contribution is -0.274. The van der Waals surface area contributed by atoms with Crippen LogP contribution in [-0.2, 0) is 4.79 Å². The predicted molar refractivity (Wildman–Crippen MR) is 68.4 cm³/mol. The van der Waals surface area contributed by atoms with E-state index in [0.29, 0.717) is 0 Å². The van der Waals surface area contributed by atoms with Gasteiger partial charge >= 0.3 is 12.3 Å². The summed E-state index contributed by atoms with van der Waals surface area (Å²) >= 11 is 2.90. The summed E-state index contributed by atoms with van der Waals surface area (Å²) in [5.41, 5.74) is -1.10. The number of aliphatic carboxylic acids is 1. The van der Waals surface area contributed by atoms with Crippen molar-refractivity contribution in [2.75, 3.05) is 0 Å². The quantitative estimate of drug-likeness (QED) is 0.614. The number of hydrogen-bond acceptors (Lipinski definition) is 4. The van der Waals surface area contributed by atoms with E-state index in [9.17, 15) is 27.9 Å². The minimum atomic E-state index is -5.06. The van der Waals surface area contributed by atoms with Crippen LogP contribution in [0.2, 0.25) is 0 Å². The molecule has 116 valence electrons. The maximum Gasteiger partial charge on any atom is 0.573 e. The Hall–Kier alpha value is -1.61. The first-order valence-electron chi connectivity index (χ1n) is 5.52. The average molecular weight is 371 g/mol. The second kappa shape index (κ2) is 6.44. The van der Waals surface area contributed by atoms with E-state index in [2.05, 4.69) is 20.7 Å². The summed E-state index contributed by atoms with van der Waals surface area (Å²) in [4.78, 5) is 21.9. The zero-order valence-electron chi connectivity index (χ0n) is 10.5. The topological polar surface area (TPSA) is 83.8 Å². The van der Waals surface area contributed by atoms with Crippen LogP contribution >= 0.6 is 15.9 Å². The van der Waals surface area contributed by atoms with Gasteiger partial charge in [0.2, 0.25) is 0 Å². The van der Waals surface area contributed by atoms with Crippen molar-refractivity contribution in [1.82, 2.24) is 0 Å². The summed E-state index contributed by atoms with van der Waals surface area (Å²) in [5.74, 6) is -3.41. The van der Waals surface area contributed by atoms with Crippen LogP contribution in [0.15, 0.2) is 18.2 Å². The Bertz CT molecular complexity index is 556. The lowest BCUT2D eigenvalue weighted by Crippen LogP contribution is -2.23. The summed E-state index contributed by atoms with van der Waals surface area (Å²) in [6, 6.07) is 2.97. The summed E-state index contributed by atoms with van der Waals surface area (Å²) in [5, 5.41) is 18.3. The fraction of sp³-hybridized carbons (Fsp3) is 0.333. The third kappa shape index (κ3) is 4.43. The first kappa shape index (κ1) is 17.4. The van der Waals surface area contributed by atoms with E-state index in [1.54, 1.807) is 0 Å². The van der Waals surface area contributed by atoms with Crippen molar-refractivity contribution in [1.29, 1.82) is 0 Å². The molecule has 0 aromatic heterocycles. The molecule has 1 aromatic carbocycles. The lowest BCUT2D eigenvalue weighted by Gasteiger charge is -2.18. The highest BCUT2D eigenvalue weighted by atomic mass is 79.9. The zero-order valence-corrected chi connectivity index (χ0v) is 12.1. The van der Waals surface area contributed by atoms with Gasteiger partial charge in [-0.05, 0) is 13.0 Å². The van der Waals surface area contributed by atoms with Crippen molar-refractivity contribution in [3.8, 4) is 5.75 Å². The van der Waals surface area contributed by atoms with E-state index in [1.165, 1.54) is 6.92 Å². The number of benzene rings is 1. The molecule has 0 aliphatic heterocycles. The molecule has 9 heteroatoms. The van der Waals surface area contributed by atoms with Gasteiger partial charge in [0.15, 0.2) is 11.9 Å². The molecule has 1 rings (SSSR count). The molecular formula is C12H10BrF3O5. The number of carboxylic acid groups (broad SMARTS) is 1. The van der Waals surface area contributed by atoms with Crippen molar-refractivity contribution in [3.05, 3.63) is 29.3 Å². The van der Waals surface area contributed by atoms with Crippen LogP contribution in [0.25, 0.3) is 0 Å². The van der Waals surface area contributed by atoms with Crippen LogP contribution < -0.4 is 4.74 Å². The number of halogens is 4. The van der Waals surface area contributed by atoms with Crippen molar-refractivity contribution in [3.63, 3.8) is 0 Å². The second-order valence-electron chi connectivity index (χ2n) is 3.99. The second-order valence-corrected chi connectivity index (χ2v) is 5.36. The molecule has 0 heterocycles. The van der Waals surface area contributed by atoms with Crippen molar-refractivity contribution in [2.24, 2.45) is 0 Å². The minimum absolute atomic E-state index is 0.472. The van der Waals surface area contributed by atoms with E-state index < -0.39 is 45.9 Å². The van der Waals surface area contributed by atoms with Crippen molar-refractivity contribution < 1.29 is 37.7 Å². The molecule has 0 spiro atoms. The number of Topliss-reactive ketones (excluding diaryl/α,β-unsaturated/α-hetero) is 1. The normalized spacial score (nSPS) is 14.4. The number of aliphatic hydroxyl groups excluding tert-OH is 1. The van der Waals surface area contributed by atoms with Gasteiger partial charge in [-0.25, -0.2) is 4.79 Å². The SMILES string of the molecule is CC(Br)C(=O)c1c(OC(F)(F)F)cccc1C(O)C(=O)O. The molecule has 1 aromatic rings. The molecule has 21 heavy (non-hydrogen) atoms. The Morgan fingerprint density at radius 3 is 2.33 bits per heavy atom. The zero-order chi connectivity index (χ0) is 16.4. The molecule has 0 saturated heterocycles. The molecule has 0 fully saturated rings.